The normalized spacial score (nSPS) is 10.3. The first kappa shape index (κ1) is 20.5. The highest BCUT2D eigenvalue weighted by molar-refractivity contribution is 8.00. The fourth-order valence-electron chi connectivity index (χ4n) is 2.71. The van der Waals surface area contributed by atoms with Gasteiger partial charge in [-0.25, -0.2) is 0 Å². The van der Waals surface area contributed by atoms with E-state index in [0.717, 1.165) is 10.5 Å². The molecular weight excluding hydrogens is 384 g/mol. The monoisotopic (exact) mass is 406 g/mol. The maximum absolute atomic E-state index is 12.3. The van der Waals surface area contributed by atoms with Crippen molar-refractivity contribution in [1.82, 2.24) is 0 Å². The van der Waals surface area contributed by atoms with Crippen LogP contribution in [0.25, 0.3) is 0 Å². The first-order valence-electron chi connectivity index (χ1n) is 9.09. The van der Waals surface area contributed by atoms with Crippen molar-refractivity contribution in [3.63, 3.8) is 0 Å². The lowest BCUT2D eigenvalue weighted by Gasteiger charge is -2.10. The smallest absolute Gasteiger partial charge is 0.255 e. The summed E-state index contributed by atoms with van der Waals surface area (Å²) in [4.78, 5) is 25.5. The topological polar surface area (TPSA) is 67.4 Å². The Balaban J connectivity index is 1.52. The van der Waals surface area contributed by atoms with Gasteiger partial charge in [-0.1, -0.05) is 29.8 Å². The summed E-state index contributed by atoms with van der Waals surface area (Å²) < 4.78 is 5.24. The summed E-state index contributed by atoms with van der Waals surface area (Å²) in [5.74, 6) is 0.633. The Labute approximate surface area is 174 Å². The molecule has 29 heavy (non-hydrogen) atoms. The molecule has 2 amide bonds. The third-order valence-corrected chi connectivity index (χ3v) is 5.16. The van der Waals surface area contributed by atoms with E-state index < -0.39 is 0 Å². The molecule has 0 atom stereocenters. The van der Waals surface area contributed by atoms with E-state index >= 15 is 0 Å². The van der Waals surface area contributed by atoms with Crippen molar-refractivity contribution in [2.24, 2.45) is 0 Å². The van der Waals surface area contributed by atoms with Crippen LogP contribution in [0.15, 0.2) is 77.7 Å². The number of aryl methyl sites for hydroxylation is 1. The number of benzene rings is 3. The Hall–Kier alpha value is -3.25. The molecule has 3 aromatic carbocycles. The van der Waals surface area contributed by atoms with Gasteiger partial charge in [0.15, 0.2) is 0 Å². The molecule has 148 valence electrons. The number of methoxy groups -OCH3 is 1. The van der Waals surface area contributed by atoms with E-state index in [9.17, 15) is 9.59 Å². The highest BCUT2D eigenvalue weighted by atomic mass is 32.2. The van der Waals surface area contributed by atoms with E-state index in [1.165, 1.54) is 11.8 Å². The Kier molecular flexibility index (Phi) is 6.92. The molecule has 0 aromatic heterocycles. The maximum Gasteiger partial charge on any atom is 0.255 e. The van der Waals surface area contributed by atoms with Crippen LogP contribution in [-0.2, 0) is 4.79 Å². The summed E-state index contributed by atoms with van der Waals surface area (Å²) in [6.07, 6.45) is 0. The van der Waals surface area contributed by atoms with Crippen LogP contribution in [0.3, 0.4) is 0 Å². The number of para-hydroxylation sites is 2. The van der Waals surface area contributed by atoms with Gasteiger partial charge in [0.1, 0.15) is 5.75 Å². The van der Waals surface area contributed by atoms with Crippen LogP contribution in [0.1, 0.15) is 15.9 Å². The molecular formula is C23H22N2O3S. The Morgan fingerprint density at radius 2 is 1.69 bits per heavy atom. The Morgan fingerprint density at radius 3 is 2.41 bits per heavy atom. The van der Waals surface area contributed by atoms with Gasteiger partial charge in [0.05, 0.1) is 18.6 Å². The second kappa shape index (κ2) is 9.80. The van der Waals surface area contributed by atoms with Crippen LogP contribution >= 0.6 is 11.8 Å². The Bertz CT molecular complexity index is 1000. The van der Waals surface area contributed by atoms with E-state index in [1.807, 2.05) is 61.5 Å². The number of hydrogen-bond donors (Lipinski definition) is 2. The van der Waals surface area contributed by atoms with Crippen molar-refractivity contribution in [2.75, 3.05) is 23.5 Å². The van der Waals surface area contributed by atoms with E-state index in [-0.39, 0.29) is 17.6 Å². The van der Waals surface area contributed by atoms with Crippen LogP contribution in [0.4, 0.5) is 11.4 Å². The number of rotatable bonds is 7. The number of hydrogen-bond acceptors (Lipinski definition) is 4. The molecule has 0 aliphatic rings. The number of ether oxygens (including phenoxy) is 1. The minimum absolute atomic E-state index is 0.115. The fourth-order valence-corrected chi connectivity index (χ4v) is 3.41. The van der Waals surface area contributed by atoms with Gasteiger partial charge >= 0.3 is 0 Å². The van der Waals surface area contributed by atoms with E-state index in [0.29, 0.717) is 22.7 Å². The molecule has 0 saturated heterocycles. The molecule has 0 radical (unpaired) electrons. The maximum atomic E-state index is 12.3. The molecule has 3 aromatic rings. The summed E-state index contributed by atoms with van der Waals surface area (Å²) in [5.41, 5.74) is 3.02. The van der Waals surface area contributed by atoms with E-state index in [2.05, 4.69) is 10.6 Å². The third-order valence-electron chi connectivity index (χ3n) is 4.14. The van der Waals surface area contributed by atoms with Gasteiger partial charge in [-0.2, -0.15) is 0 Å². The first-order chi connectivity index (χ1) is 14.0. The number of carbonyl (C=O) groups excluding carboxylic acids is 2. The summed E-state index contributed by atoms with van der Waals surface area (Å²) >= 11 is 1.42. The zero-order valence-electron chi connectivity index (χ0n) is 16.3. The molecule has 2 N–H and O–H groups in total. The zero-order valence-corrected chi connectivity index (χ0v) is 17.1. The van der Waals surface area contributed by atoms with E-state index in [1.54, 1.807) is 25.3 Å². The van der Waals surface area contributed by atoms with Crippen molar-refractivity contribution < 1.29 is 14.3 Å². The SMILES string of the molecule is COc1ccccc1NC(=O)CSc1ccc(NC(=O)c2cccc(C)c2)cc1. The van der Waals surface area contributed by atoms with Crippen LogP contribution in [0, 0.1) is 6.92 Å². The average molecular weight is 407 g/mol. The predicted molar refractivity (Wildman–Crippen MR) is 118 cm³/mol. The fraction of sp³-hybridized carbons (Fsp3) is 0.130. The van der Waals surface area contributed by atoms with Crippen LogP contribution in [-0.4, -0.2) is 24.7 Å². The molecule has 0 spiro atoms. The van der Waals surface area contributed by atoms with Gasteiger partial charge in [-0.15, -0.1) is 11.8 Å². The lowest BCUT2D eigenvalue weighted by Crippen LogP contribution is -2.14. The zero-order chi connectivity index (χ0) is 20.6. The molecule has 3 rings (SSSR count). The Morgan fingerprint density at radius 1 is 0.931 bits per heavy atom. The summed E-state index contributed by atoms with van der Waals surface area (Å²) in [5, 5.41) is 5.73. The molecule has 0 fully saturated rings. The number of carbonyl (C=O) groups is 2. The molecule has 0 bridgehead atoms. The molecule has 0 saturated carbocycles. The van der Waals surface area contributed by atoms with Crippen molar-refractivity contribution in [2.45, 2.75) is 11.8 Å². The number of thioether (sulfide) groups is 1. The summed E-state index contributed by atoms with van der Waals surface area (Å²) in [6, 6.07) is 22.2. The minimum atomic E-state index is -0.148. The second-order valence-electron chi connectivity index (χ2n) is 6.39. The van der Waals surface area contributed by atoms with Crippen molar-refractivity contribution in [1.29, 1.82) is 0 Å². The first-order valence-corrected chi connectivity index (χ1v) is 10.1. The molecule has 0 aliphatic heterocycles. The average Bonchev–Trinajstić information content (AvgIpc) is 2.73. The third kappa shape index (κ3) is 5.86. The van der Waals surface area contributed by atoms with Gasteiger partial charge in [-0.3, -0.25) is 9.59 Å². The second-order valence-corrected chi connectivity index (χ2v) is 7.43. The van der Waals surface area contributed by atoms with Gasteiger partial charge in [-0.05, 0) is 55.5 Å². The molecule has 0 unspecified atom stereocenters. The number of anilines is 2. The van der Waals surface area contributed by atoms with Crippen molar-refractivity contribution >= 4 is 35.0 Å². The van der Waals surface area contributed by atoms with Crippen LogP contribution in [0.5, 0.6) is 5.75 Å². The van der Waals surface area contributed by atoms with Crippen LogP contribution < -0.4 is 15.4 Å². The lowest BCUT2D eigenvalue weighted by molar-refractivity contribution is -0.113. The lowest BCUT2D eigenvalue weighted by atomic mass is 10.1. The predicted octanol–water partition coefficient (Wildman–Crippen LogP) is 4.99. The number of nitrogens with one attached hydrogen (secondary N) is 2. The largest absolute Gasteiger partial charge is 0.495 e. The molecule has 6 heteroatoms. The van der Waals surface area contributed by atoms with Crippen LogP contribution in [0.2, 0.25) is 0 Å². The van der Waals surface area contributed by atoms with Gasteiger partial charge in [0.2, 0.25) is 5.91 Å². The quantitative estimate of drug-likeness (QED) is 0.543. The highest BCUT2D eigenvalue weighted by Gasteiger charge is 2.09. The minimum Gasteiger partial charge on any atom is -0.495 e. The highest BCUT2D eigenvalue weighted by Crippen LogP contribution is 2.25. The molecule has 0 heterocycles. The summed E-state index contributed by atoms with van der Waals surface area (Å²) in [7, 11) is 1.57. The van der Waals surface area contributed by atoms with Crippen molar-refractivity contribution in [3.8, 4) is 5.75 Å². The van der Waals surface area contributed by atoms with Gasteiger partial charge in [0, 0.05) is 16.1 Å². The molecule has 5 nitrogen and oxygen atoms in total. The van der Waals surface area contributed by atoms with Gasteiger partial charge in [0.25, 0.3) is 5.91 Å². The molecule has 0 aliphatic carbocycles. The summed E-state index contributed by atoms with van der Waals surface area (Å²) in [6.45, 7) is 1.95. The van der Waals surface area contributed by atoms with Gasteiger partial charge < -0.3 is 15.4 Å². The number of amides is 2. The van der Waals surface area contributed by atoms with Crippen molar-refractivity contribution in [3.05, 3.63) is 83.9 Å². The standard InChI is InChI=1S/C23H22N2O3S/c1-16-6-5-7-17(14-16)23(27)24-18-10-12-19(13-11-18)29-15-22(26)25-20-8-3-4-9-21(20)28-2/h3-14H,15H2,1-2H3,(H,24,27)(H,25,26). The van der Waals surface area contributed by atoms with E-state index in [4.69, 9.17) is 4.74 Å².